The third kappa shape index (κ3) is 2.65. The van der Waals surface area contributed by atoms with E-state index in [-0.39, 0.29) is 12.8 Å². The van der Waals surface area contributed by atoms with Gasteiger partial charge in [0.2, 0.25) is 0 Å². The summed E-state index contributed by atoms with van der Waals surface area (Å²) in [4.78, 5) is 8.81. The Labute approximate surface area is 121 Å². The zero-order chi connectivity index (χ0) is 15.3. The molecule has 2 fully saturated rings. The Hall–Kier alpha value is -1.53. The van der Waals surface area contributed by atoms with E-state index >= 15 is 0 Å². The quantitative estimate of drug-likeness (QED) is 0.872. The number of rotatable bonds is 5. The molecule has 7 heteroatoms. The minimum Gasteiger partial charge on any atom is -0.370 e. The van der Waals surface area contributed by atoms with E-state index < -0.39 is 11.7 Å². The van der Waals surface area contributed by atoms with Gasteiger partial charge in [0.1, 0.15) is 23.0 Å². The molecule has 0 bridgehead atoms. The largest absolute Gasteiger partial charge is 0.411 e. The Morgan fingerprint density at radius 2 is 1.81 bits per heavy atom. The second kappa shape index (κ2) is 4.74. The van der Waals surface area contributed by atoms with Crippen molar-refractivity contribution in [2.24, 2.45) is 0 Å². The Bertz CT molecular complexity index is 548. The van der Waals surface area contributed by atoms with Gasteiger partial charge in [-0.3, -0.25) is 0 Å². The van der Waals surface area contributed by atoms with Crippen molar-refractivity contribution in [3.8, 4) is 0 Å². The van der Waals surface area contributed by atoms with Crippen LogP contribution < -0.4 is 10.6 Å². The predicted molar refractivity (Wildman–Crippen MR) is 74.6 cm³/mol. The van der Waals surface area contributed by atoms with E-state index in [1.807, 2.05) is 6.92 Å². The molecule has 0 atom stereocenters. The molecule has 3 rings (SSSR count). The molecule has 116 valence electrons. The van der Waals surface area contributed by atoms with Crippen LogP contribution in [0.25, 0.3) is 0 Å². The second-order valence-corrected chi connectivity index (χ2v) is 5.91. The van der Waals surface area contributed by atoms with E-state index in [1.54, 1.807) is 6.92 Å². The first kappa shape index (κ1) is 14.4. The summed E-state index contributed by atoms with van der Waals surface area (Å²) in [6.45, 7) is 4.36. The van der Waals surface area contributed by atoms with Gasteiger partial charge in [-0.25, -0.2) is 9.97 Å². The third-order valence-corrected chi connectivity index (χ3v) is 4.10. The molecule has 1 heterocycles. The molecule has 2 N–H and O–H groups in total. The molecule has 0 radical (unpaired) electrons. The fraction of sp³-hybridized carbons (Fsp3) is 0.714. The summed E-state index contributed by atoms with van der Waals surface area (Å²) < 4.78 is 39.3. The Balaban J connectivity index is 1.93. The van der Waals surface area contributed by atoms with E-state index in [4.69, 9.17) is 0 Å². The Kier molecular flexibility index (Phi) is 3.26. The van der Waals surface area contributed by atoms with Crippen LogP contribution in [-0.4, -0.2) is 28.2 Å². The van der Waals surface area contributed by atoms with Gasteiger partial charge in [0.25, 0.3) is 0 Å². The standard InChI is InChI=1S/C14H19F3N4/c1-3-18-10-8(2)11(20-12(19-10)9-4-5-9)21-13(6-7-13)14(15,16)17/h9H,3-7H2,1-2H3,(H2,18,19,20,21). The lowest BCUT2D eigenvalue weighted by molar-refractivity contribution is -0.151. The minimum atomic E-state index is -4.25. The van der Waals surface area contributed by atoms with Crippen molar-refractivity contribution in [2.75, 3.05) is 17.2 Å². The van der Waals surface area contributed by atoms with Crippen LogP contribution in [0.4, 0.5) is 24.8 Å². The number of alkyl halides is 3. The lowest BCUT2D eigenvalue weighted by Crippen LogP contribution is -2.39. The van der Waals surface area contributed by atoms with Gasteiger partial charge < -0.3 is 10.6 Å². The summed E-state index contributed by atoms with van der Waals surface area (Å²) in [6, 6.07) is 0. The van der Waals surface area contributed by atoms with Crippen molar-refractivity contribution in [2.45, 2.75) is 57.2 Å². The van der Waals surface area contributed by atoms with Gasteiger partial charge in [-0.1, -0.05) is 0 Å². The summed E-state index contributed by atoms with van der Waals surface area (Å²) in [5.74, 6) is 1.90. The van der Waals surface area contributed by atoms with Gasteiger partial charge >= 0.3 is 6.18 Å². The van der Waals surface area contributed by atoms with E-state index in [0.29, 0.717) is 35.5 Å². The van der Waals surface area contributed by atoms with Crippen LogP contribution in [0.1, 0.15) is 49.9 Å². The van der Waals surface area contributed by atoms with Crippen molar-refractivity contribution in [1.82, 2.24) is 9.97 Å². The summed E-state index contributed by atoms with van der Waals surface area (Å²) in [7, 11) is 0. The first-order chi connectivity index (χ1) is 9.86. The molecule has 2 aliphatic rings. The summed E-state index contributed by atoms with van der Waals surface area (Å²) in [5, 5.41) is 5.76. The molecular weight excluding hydrogens is 281 g/mol. The first-order valence-corrected chi connectivity index (χ1v) is 7.33. The van der Waals surface area contributed by atoms with Gasteiger partial charge in [0.15, 0.2) is 0 Å². The fourth-order valence-corrected chi connectivity index (χ4v) is 2.35. The molecule has 0 unspecified atom stereocenters. The van der Waals surface area contributed by atoms with Gasteiger partial charge in [-0.05, 0) is 39.5 Å². The predicted octanol–water partition coefficient (Wildman–Crippen LogP) is 3.60. The Morgan fingerprint density at radius 1 is 1.19 bits per heavy atom. The highest BCUT2D eigenvalue weighted by Gasteiger charge is 2.64. The topological polar surface area (TPSA) is 49.8 Å². The number of halogens is 3. The number of hydrogen-bond acceptors (Lipinski definition) is 4. The lowest BCUT2D eigenvalue weighted by Gasteiger charge is -2.23. The molecule has 2 saturated carbocycles. The third-order valence-electron chi connectivity index (χ3n) is 4.10. The van der Waals surface area contributed by atoms with Crippen LogP contribution >= 0.6 is 0 Å². The van der Waals surface area contributed by atoms with Crippen LogP contribution in [0.2, 0.25) is 0 Å². The van der Waals surface area contributed by atoms with E-state index in [9.17, 15) is 13.2 Å². The smallest absolute Gasteiger partial charge is 0.370 e. The van der Waals surface area contributed by atoms with E-state index in [1.165, 1.54) is 0 Å². The van der Waals surface area contributed by atoms with Gasteiger partial charge in [-0.15, -0.1) is 0 Å². The zero-order valence-corrected chi connectivity index (χ0v) is 12.1. The highest BCUT2D eigenvalue weighted by molar-refractivity contribution is 5.59. The fourth-order valence-electron chi connectivity index (χ4n) is 2.35. The number of nitrogens with zero attached hydrogens (tertiary/aromatic N) is 2. The maximum Gasteiger partial charge on any atom is 0.411 e. The summed E-state index contributed by atoms with van der Waals surface area (Å²) >= 11 is 0. The number of nitrogens with one attached hydrogen (secondary N) is 2. The molecular formula is C14H19F3N4. The van der Waals surface area contributed by atoms with Crippen LogP contribution in [0, 0.1) is 6.92 Å². The highest BCUT2D eigenvalue weighted by Crippen LogP contribution is 2.51. The average molecular weight is 300 g/mol. The van der Waals surface area contributed by atoms with Gasteiger partial charge in [0, 0.05) is 18.0 Å². The molecule has 1 aromatic heterocycles. The molecule has 21 heavy (non-hydrogen) atoms. The van der Waals surface area contributed by atoms with Crippen molar-refractivity contribution in [1.29, 1.82) is 0 Å². The van der Waals surface area contributed by atoms with E-state index in [2.05, 4.69) is 20.6 Å². The first-order valence-electron chi connectivity index (χ1n) is 7.33. The average Bonchev–Trinajstić information content (AvgIpc) is 3.24. The van der Waals surface area contributed by atoms with Crippen LogP contribution in [-0.2, 0) is 0 Å². The molecule has 2 aliphatic carbocycles. The monoisotopic (exact) mass is 300 g/mol. The lowest BCUT2D eigenvalue weighted by atomic mass is 10.2. The molecule has 0 spiro atoms. The normalized spacial score (nSPS) is 20.2. The number of anilines is 2. The summed E-state index contributed by atoms with van der Waals surface area (Å²) in [6.07, 6.45) is -2.01. The van der Waals surface area contributed by atoms with Crippen LogP contribution in [0.5, 0.6) is 0 Å². The van der Waals surface area contributed by atoms with E-state index in [0.717, 1.165) is 12.8 Å². The van der Waals surface area contributed by atoms with Crippen molar-refractivity contribution >= 4 is 11.6 Å². The van der Waals surface area contributed by atoms with Gasteiger partial charge in [0.05, 0.1) is 0 Å². The molecule has 1 aromatic rings. The van der Waals surface area contributed by atoms with Gasteiger partial charge in [-0.2, -0.15) is 13.2 Å². The highest BCUT2D eigenvalue weighted by atomic mass is 19.4. The molecule has 0 aliphatic heterocycles. The molecule has 4 nitrogen and oxygen atoms in total. The van der Waals surface area contributed by atoms with Crippen LogP contribution in [0.15, 0.2) is 0 Å². The van der Waals surface area contributed by atoms with Crippen LogP contribution in [0.3, 0.4) is 0 Å². The van der Waals surface area contributed by atoms with Crippen molar-refractivity contribution in [3.63, 3.8) is 0 Å². The molecule has 0 aromatic carbocycles. The summed E-state index contributed by atoms with van der Waals surface area (Å²) in [5.41, 5.74) is -1.15. The molecule has 0 saturated heterocycles. The number of hydrogen-bond donors (Lipinski definition) is 2. The Morgan fingerprint density at radius 3 is 2.29 bits per heavy atom. The maximum atomic E-state index is 13.1. The zero-order valence-electron chi connectivity index (χ0n) is 12.1. The molecule has 0 amide bonds. The minimum absolute atomic E-state index is 0.106. The second-order valence-electron chi connectivity index (χ2n) is 5.91. The van der Waals surface area contributed by atoms with Crippen molar-refractivity contribution in [3.05, 3.63) is 11.4 Å². The van der Waals surface area contributed by atoms with Crippen molar-refractivity contribution < 1.29 is 13.2 Å². The SMILES string of the molecule is CCNc1nc(C2CC2)nc(NC2(C(F)(F)F)CC2)c1C. The number of aromatic nitrogens is 2. The maximum absolute atomic E-state index is 13.1.